The van der Waals surface area contributed by atoms with Crippen molar-refractivity contribution in [1.29, 1.82) is 0 Å². The third-order valence-electron chi connectivity index (χ3n) is 2.16. The molecule has 2 amide bonds. The third-order valence-corrected chi connectivity index (χ3v) is 2.16. The summed E-state index contributed by atoms with van der Waals surface area (Å²) < 4.78 is 4.78. The minimum absolute atomic E-state index is 0.151. The monoisotopic (exact) mass is 236 g/mol. The van der Waals surface area contributed by atoms with Crippen LogP contribution in [0.15, 0.2) is 18.2 Å². The molecule has 2 N–H and O–H groups in total. The lowest BCUT2D eigenvalue weighted by molar-refractivity contribution is -0.114. The van der Waals surface area contributed by atoms with E-state index in [2.05, 4.69) is 10.6 Å². The summed E-state index contributed by atoms with van der Waals surface area (Å²) >= 11 is 0. The van der Waals surface area contributed by atoms with E-state index in [1.165, 1.54) is 6.92 Å². The summed E-state index contributed by atoms with van der Waals surface area (Å²) in [5.74, 6) is -0.151. The first-order valence-electron chi connectivity index (χ1n) is 5.35. The van der Waals surface area contributed by atoms with Gasteiger partial charge in [-0.2, -0.15) is 0 Å². The molecule has 0 fully saturated rings. The van der Waals surface area contributed by atoms with E-state index < -0.39 is 6.09 Å². The van der Waals surface area contributed by atoms with Crippen molar-refractivity contribution < 1.29 is 14.3 Å². The molecule has 0 saturated heterocycles. The number of rotatable bonds is 3. The van der Waals surface area contributed by atoms with E-state index >= 15 is 0 Å². The van der Waals surface area contributed by atoms with Crippen molar-refractivity contribution in [2.24, 2.45) is 0 Å². The van der Waals surface area contributed by atoms with Crippen molar-refractivity contribution in [2.45, 2.75) is 20.8 Å². The topological polar surface area (TPSA) is 67.4 Å². The molecule has 0 radical (unpaired) electrons. The first-order chi connectivity index (χ1) is 8.04. The molecule has 1 rings (SSSR count). The molecule has 17 heavy (non-hydrogen) atoms. The van der Waals surface area contributed by atoms with Crippen LogP contribution in [-0.2, 0) is 9.53 Å². The highest BCUT2D eigenvalue weighted by Crippen LogP contribution is 2.23. The van der Waals surface area contributed by atoms with Gasteiger partial charge in [-0.15, -0.1) is 0 Å². The number of ether oxygens (including phenoxy) is 1. The van der Waals surface area contributed by atoms with Crippen molar-refractivity contribution in [2.75, 3.05) is 17.2 Å². The van der Waals surface area contributed by atoms with Gasteiger partial charge in [-0.25, -0.2) is 4.79 Å². The van der Waals surface area contributed by atoms with Crippen molar-refractivity contribution in [3.8, 4) is 0 Å². The van der Waals surface area contributed by atoms with Crippen LogP contribution in [0.1, 0.15) is 19.4 Å². The van der Waals surface area contributed by atoms with Gasteiger partial charge < -0.3 is 10.1 Å². The summed E-state index contributed by atoms with van der Waals surface area (Å²) in [6.45, 7) is 5.30. The Morgan fingerprint density at radius 2 is 1.82 bits per heavy atom. The zero-order valence-corrected chi connectivity index (χ0v) is 10.2. The first kappa shape index (κ1) is 13.0. The molecule has 0 aliphatic rings. The molecule has 0 atom stereocenters. The maximum Gasteiger partial charge on any atom is 0.411 e. The molecule has 0 bridgehead atoms. The largest absolute Gasteiger partial charge is 0.450 e. The van der Waals surface area contributed by atoms with Gasteiger partial charge in [0.2, 0.25) is 5.91 Å². The number of anilines is 2. The van der Waals surface area contributed by atoms with E-state index in [1.807, 2.05) is 6.92 Å². The highest BCUT2D eigenvalue weighted by atomic mass is 16.5. The van der Waals surface area contributed by atoms with Crippen LogP contribution in [0.3, 0.4) is 0 Å². The molecule has 0 spiro atoms. The fourth-order valence-electron chi connectivity index (χ4n) is 1.37. The van der Waals surface area contributed by atoms with Crippen LogP contribution < -0.4 is 10.6 Å². The first-order valence-corrected chi connectivity index (χ1v) is 5.35. The number of benzene rings is 1. The molecule has 0 unspecified atom stereocenters. The third kappa shape index (κ3) is 3.79. The van der Waals surface area contributed by atoms with Crippen molar-refractivity contribution >= 4 is 23.4 Å². The van der Waals surface area contributed by atoms with Gasteiger partial charge in [-0.3, -0.25) is 10.1 Å². The zero-order chi connectivity index (χ0) is 12.8. The summed E-state index contributed by atoms with van der Waals surface area (Å²) in [5.41, 5.74) is 2.08. The molecule has 0 aliphatic heterocycles. The molecule has 0 aromatic heterocycles. The Bertz CT molecular complexity index is 430. The van der Waals surface area contributed by atoms with Gasteiger partial charge in [0.15, 0.2) is 0 Å². The van der Waals surface area contributed by atoms with Gasteiger partial charge in [0.1, 0.15) is 0 Å². The fourth-order valence-corrected chi connectivity index (χ4v) is 1.37. The quantitative estimate of drug-likeness (QED) is 0.847. The minimum atomic E-state index is -0.504. The molecule has 92 valence electrons. The molecule has 0 heterocycles. The average Bonchev–Trinajstić information content (AvgIpc) is 2.23. The predicted molar refractivity (Wildman–Crippen MR) is 66.1 cm³/mol. The second-order valence-corrected chi connectivity index (χ2v) is 3.50. The van der Waals surface area contributed by atoms with Crippen LogP contribution >= 0.6 is 0 Å². The Kier molecular flexibility index (Phi) is 4.51. The number of amides is 2. The van der Waals surface area contributed by atoms with Gasteiger partial charge in [-0.05, 0) is 31.5 Å². The predicted octanol–water partition coefficient (Wildman–Crippen LogP) is 2.52. The number of carbonyl (C=O) groups is 2. The standard InChI is InChI=1S/C12H16N2O3/c1-4-17-12(16)14-11-7-5-6-10(8(11)2)13-9(3)15/h5-7H,4H2,1-3H3,(H,13,15)(H,14,16). The van der Waals surface area contributed by atoms with Crippen molar-refractivity contribution in [3.05, 3.63) is 23.8 Å². The highest BCUT2D eigenvalue weighted by Gasteiger charge is 2.08. The van der Waals surface area contributed by atoms with Gasteiger partial charge >= 0.3 is 6.09 Å². The Labute approximate surface area is 100 Å². The SMILES string of the molecule is CCOC(=O)Nc1cccc(NC(C)=O)c1C. The van der Waals surface area contributed by atoms with E-state index in [0.29, 0.717) is 18.0 Å². The fraction of sp³-hybridized carbons (Fsp3) is 0.333. The summed E-state index contributed by atoms with van der Waals surface area (Å²) in [4.78, 5) is 22.3. The summed E-state index contributed by atoms with van der Waals surface area (Å²) in [6, 6.07) is 5.27. The average molecular weight is 236 g/mol. The number of nitrogens with one attached hydrogen (secondary N) is 2. The van der Waals surface area contributed by atoms with Crippen molar-refractivity contribution in [3.63, 3.8) is 0 Å². The Balaban J connectivity index is 2.86. The van der Waals surface area contributed by atoms with Gasteiger partial charge in [-0.1, -0.05) is 6.07 Å². The number of hydrogen-bond acceptors (Lipinski definition) is 3. The molecule has 5 nitrogen and oxygen atoms in total. The Morgan fingerprint density at radius 1 is 1.24 bits per heavy atom. The van der Waals surface area contributed by atoms with Gasteiger partial charge in [0.25, 0.3) is 0 Å². The summed E-state index contributed by atoms with van der Waals surface area (Å²) in [7, 11) is 0. The summed E-state index contributed by atoms with van der Waals surface area (Å²) in [5, 5.41) is 5.30. The molecule has 0 aliphatic carbocycles. The van der Waals surface area contributed by atoms with E-state index in [4.69, 9.17) is 4.74 Å². The smallest absolute Gasteiger partial charge is 0.411 e. The molecular weight excluding hydrogens is 220 g/mol. The van der Waals surface area contributed by atoms with E-state index in [1.54, 1.807) is 25.1 Å². The van der Waals surface area contributed by atoms with Gasteiger partial charge in [0.05, 0.1) is 6.61 Å². The normalized spacial score (nSPS) is 9.59. The molecular formula is C12H16N2O3. The van der Waals surface area contributed by atoms with Crippen LogP contribution in [0.5, 0.6) is 0 Å². The van der Waals surface area contributed by atoms with E-state index in [9.17, 15) is 9.59 Å². The second kappa shape index (κ2) is 5.89. The van der Waals surface area contributed by atoms with Crippen LogP contribution in [0.2, 0.25) is 0 Å². The minimum Gasteiger partial charge on any atom is -0.450 e. The van der Waals surface area contributed by atoms with Gasteiger partial charge in [0, 0.05) is 18.3 Å². The number of carbonyl (C=O) groups excluding carboxylic acids is 2. The number of hydrogen-bond donors (Lipinski definition) is 2. The molecule has 1 aromatic rings. The van der Waals surface area contributed by atoms with Crippen LogP contribution in [-0.4, -0.2) is 18.6 Å². The summed E-state index contributed by atoms with van der Waals surface area (Å²) in [6.07, 6.45) is -0.504. The van der Waals surface area contributed by atoms with E-state index in [0.717, 1.165) is 5.56 Å². The lowest BCUT2D eigenvalue weighted by atomic mass is 10.1. The maximum absolute atomic E-state index is 11.3. The molecule has 0 saturated carbocycles. The Hall–Kier alpha value is -2.04. The maximum atomic E-state index is 11.3. The van der Waals surface area contributed by atoms with E-state index in [-0.39, 0.29) is 5.91 Å². The lowest BCUT2D eigenvalue weighted by Gasteiger charge is -2.12. The zero-order valence-electron chi connectivity index (χ0n) is 10.2. The van der Waals surface area contributed by atoms with Crippen molar-refractivity contribution in [1.82, 2.24) is 0 Å². The van der Waals surface area contributed by atoms with Crippen LogP contribution in [0.25, 0.3) is 0 Å². The molecule has 1 aromatic carbocycles. The van der Waals surface area contributed by atoms with Crippen LogP contribution in [0.4, 0.5) is 16.2 Å². The molecule has 5 heteroatoms. The highest BCUT2D eigenvalue weighted by molar-refractivity contribution is 5.92. The second-order valence-electron chi connectivity index (χ2n) is 3.50. The Morgan fingerprint density at radius 3 is 2.35 bits per heavy atom. The van der Waals surface area contributed by atoms with Crippen LogP contribution in [0, 0.1) is 6.92 Å². The lowest BCUT2D eigenvalue weighted by Crippen LogP contribution is -2.15.